The molecule has 0 amide bonds. The second kappa shape index (κ2) is 5.27. The van der Waals surface area contributed by atoms with Gasteiger partial charge in [0.15, 0.2) is 0 Å². The van der Waals surface area contributed by atoms with Crippen molar-refractivity contribution < 1.29 is 4.74 Å². The molecule has 18 heavy (non-hydrogen) atoms. The highest BCUT2D eigenvalue weighted by Gasteiger charge is 2.09. The van der Waals surface area contributed by atoms with E-state index in [1.165, 1.54) is 0 Å². The first-order chi connectivity index (χ1) is 8.68. The van der Waals surface area contributed by atoms with Crippen LogP contribution in [-0.4, -0.2) is 11.8 Å². The number of rotatable bonds is 2. The molecule has 3 nitrogen and oxygen atoms in total. The molecule has 0 aliphatic heterocycles. The third-order valence-electron chi connectivity index (χ3n) is 2.63. The van der Waals surface area contributed by atoms with Crippen molar-refractivity contribution in [1.29, 1.82) is 10.8 Å². The first-order valence-corrected chi connectivity index (χ1v) is 5.65. The van der Waals surface area contributed by atoms with Gasteiger partial charge in [0.1, 0.15) is 0 Å². The van der Waals surface area contributed by atoms with E-state index in [9.17, 15) is 0 Å². The summed E-state index contributed by atoms with van der Waals surface area (Å²) < 4.78 is 5.27. The largest absolute Gasteiger partial charge is 0.421 e. The highest BCUT2D eigenvalue weighted by atomic mass is 16.5. The van der Waals surface area contributed by atoms with Crippen LogP contribution in [0, 0.1) is 17.7 Å². The van der Waals surface area contributed by atoms with E-state index in [1.54, 1.807) is 12.1 Å². The van der Waals surface area contributed by atoms with Gasteiger partial charge in [0.05, 0.1) is 0 Å². The lowest BCUT2D eigenvalue weighted by molar-refractivity contribution is 0.538. The third-order valence-corrected chi connectivity index (χ3v) is 2.63. The molecule has 0 radical (unpaired) electrons. The highest BCUT2D eigenvalue weighted by Crippen LogP contribution is 2.10. The number of hydrogen-bond acceptors (Lipinski definition) is 3. The van der Waals surface area contributed by atoms with Crippen LogP contribution in [0.5, 0.6) is 0 Å². The van der Waals surface area contributed by atoms with Crippen LogP contribution < -0.4 is 0 Å². The SMILES string of the molecule is Cc1ccccc1C(=N)OC(=N)c1ccccc1. The zero-order valence-corrected chi connectivity index (χ0v) is 10.1. The fraction of sp³-hybridized carbons (Fsp3) is 0.0667. The number of ether oxygens (including phenoxy) is 1. The van der Waals surface area contributed by atoms with E-state index in [0.29, 0.717) is 11.1 Å². The Kier molecular flexibility index (Phi) is 3.53. The zero-order valence-electron chi connectivity index (χ0n) is 10.1. The van der Waals surface area contributed by atoms with Gasteiger partial charge in [-0.1, -0.05) is 36.4 Å². The Morgan fingerprint density at radius 3 is 2.11 bits per heavy atom. The van der Waals surface area contributed by atoms with Crippen LogP contribution in [-0.2, 0) is 4.74 Å². The molecule has 2 rings (SSSR count). The maximum Gasteiger partial charge on any atom is 0.221 e. The molecule has 0 saturated heterocycles. The van der Waals surface area contributed by atoms with E-state index >= 15 is 0 Å². The van der Waals surface area contributed by atoms with E-state index in [-0.39, 0.29) is 11.8 Å². The minimum absolute atomic E-state index is 0.00181. The van der Waals surface area contributed by atoms with Crippen LogP contribution in [0.15, 0.2) is 54.6 Å². The molecule has 0 bridgehead atoms. The minimum Gasteiger partial charge on any atom is -0.421 e. The Morgan fingerprint density at radius 1 is 0.833 bits per heavy atom. The number of nitrogens with one attached hydrogen (secondary N) is 2. The van der Waals surface area contributed by atoms with Crippen molar-refractivity contribution in [1.82, 2.24) is 0 Å². The van der Waals surface area contributed by atoms with Gasteiger partial charge in [-0.05, 0) is 30.7 Å². The zero-order chi connectivity index (χ0) is 13.0. The summed E-state index contributed by atoms with van der Waals surface area (Å²) in [5.74, 6) is -0.00851. The molecule has 90 valence electrons. The highest BCUT2D eigenvalue weighted by molar-refractivity contribution is 6.05. The molecule has 0 fully saturated rings. The summed E-state index contributed by atoms with van der Waals surface area (Å²) in [5, 5.41) is 15.7. The quantitative estimate of drug-likeness (QED) is 0.611. The first-order valence-electron chi connectivity index (χ1n) is 5.65. The van der Waals surface area contributed by atoms with E-state index in [2.05, 4.69) is 0 Å². The molecule has 2 aromatic carbocycles. The summed E-state index contributed by atoms with van der Waals surface area (Å²) in [6.07, 6.45) is 0. The van der Waals surface area contributed by atoms with Gasteiger partial charge in [-0.3, -0.25) is 10.8 Å². The smallest absolute Gasteiger partial charge is 0.221 e. The topological polar surface area (TPSA) is 56.9 Å². The summed E-state index contributed by atoms with van der Waals surface area (Å²) >= 11 is 0. The Labute approximate surface area is 106 Å². The van der Waals surface area contributed by atoms with Gasteiger partial charge >= 0.3 is 0 Å². The third kappa shape index (κ3) is 2.63. The van der Waals surface area contributed by atoms with E-state index in [1.807, 2.05) is 49.4 Å². The van der Waals surface area contributed by atoms with Crippen molar-refractivity contribution in [2.75, 3.05) is 0 Å². The number of hydrogen-bond donors (Lipinski definition) is 2. The van der Waals surface area contributed by atoms with Crippen molar-refractivity contribution >= 4 is 11.8 Å². The summed E-state index contributed by atoms with van der Waals surface area (Å²) in [7, 11) is 0. The van der Waals surface area contributed by atoms with Crippen molar-refractivity contribution in [2.24, 2.45) is 0 Å². The maximum atomic E-state index is 7.89. The van der Waals surface area contributed by atoms with Crippen LogP contribution in [0.25, 0.3) is 0 Å². The van der Waals surface area contributed by atoms with Crippen molar-refractivity contribution in [3.63, 3.8) is 0 Å². The summed E-state index contributed by atoms with van der Waals surface area (Å²) in [5.41, 5.74) is 2.33. The molecular weight excluding hydrogens is 224 g/mol. The normalized spacial score (nSPS) is 9.83. The van der Waals surface area contributed by atoms with E-state index < -0.39 is 0 Å². The Hall–Kier alpha value is -2.42. The van der Waals surface area contributed by atoms with Gasteiger partial charge in [-0.25, -0.2) is 0 Å². The minimum atomic E-state index is -0.0103. The monoisotopic (exact) mass is 238 g/mol. The van der Waals surface area contributed by atoms with Crippen LogP contribution in [0.1, 0.15) is 16.7 Å². The molecule has 0 atom stereocenters. The van der Waals surface area contributed by atoms with Gasteiger partial charge in [0.2, 0.25) is 11.8 Å². The van der Waals surface area contributed by atoms with Gasteiger partial charge in [0, 0.05) is 11.1 Å². The van der Waals surface area contributed by atoms with Crippen LogP contribution >= 0.6 is 0 Å². The van der Waals surface area contributed by atoms with Crippen LogP contribution in [0.4, 0.5) is 0 Å². The number of benzene rings is 2. The number of aryl methyl sites for hydroxylation is 1. The molecule has 0 aromatic heterocycles. The summed E-state index contributed by atoms with van der Waals surface area (Å²) in [4.78, 5) is 0. The van der Waals surface area contributed by atoms with E-state index in [0.717, 1.165) is 5.56 Å². The molecular formula is C15H14N2O. The second-order valence-electron chi connectivity index (χ2n) is 3.94. The average Bonchev–Trinajstić information content (AvgIpc) is 2.40. The van der Waals surface area contributed by atoms with Gasteiger partial charge in [-0.15, -0.1) is 0 Å². The predicted octanol–water partition coefficient (Wildman–Crippen LogP) is 3.36. The lowest BCUT2D eigenvalue weighted by atomic mass is 10.1. The Morgan fingerprint density at radius 2 is 1.44 bits per heavy atom. The average molecular weight is 238 g/mol. The van der Waals surface area contributed by atoms with Crippen LogP contribution in [0.2, 0.25) is 0 Å². The van der Waals surface area contributed by atoms with Crippen molar-refractivity contribution in [3.8, 4) is 0 Å². The molecule has 3 heteroatoms. The molecule has 0 spiro atoms. The van der Waals surface area contributed by atoms with Crippen LogP contribution in [0.3, 0.4) is 0 Å². The second-order valence-corrected chi connectivity index (χ2v) is 3.94. The fourth-order valence-electron chi connectivity index (χ4n) is 1.63. The molecule has 2 aromatic rings. The summed E-state index contributed by atoms with van der Waals surface area (Å²) in [6.45, 7) is 1.92. The standard InChI is InChI=1S/C15H14N2O/c1-11-7-5-6-10-13(11)15(17)18-14(16)12-8-3-2-4-9-12/h2-10,16-17H,1H3. The predicted molar refractivity (Wildman–Crippen MR) is 72.4 cm³/mol. The molecule has 2 N–H and O–H groups in total. The van der Waals surface area contributed by atoms with Gasteiger partial charge in [0.25, 0.3) is 0 Å². The van der Waals surface area contributed by atoms with E-state index in [4.69, 9.17) is 15.6 Å². The summed E-state index contributed by atoms with van der Waals surface area (Å²) in [6, 6.07) is 16.6. The maximum absolute atomic E-state index is 7.89. The van der Waals surface area contributed by atoms with Crippen molar-refractivity contribution in [2.45, 2.75) is 6.92 Å². The lowest BCUT2D eigenvalue weighted by Crippen LogP contribution is -2.13. The molecule has 0 aliphatic carbocycles. The van der Waals surface area contributed by atoms with Gasteiger partial charge < -0.3 is 4.74 Å². The first kappa shape index (κ1) is 12.0. The molecule has 0 aliphatic rings. The fourth-order valence-corrected chi connectivity index (χ4v) is 1.63. The molecule has 0 unspecified atom stereocenters. The van der Waals surface area contributed by atoms with Crippen molar-refractivity contribution in [3.05, 3.63) is 71.3 Å². The molecule has 0 heterocycles. The lowest BCUT2D eigenvalue weighted by Gasteiger charge is -2.09. The Balaban J connectivity index is 2.14. The Bertz CT molecular complexity index is 576. The van der Waals surface area contributed by atoms with Gasteiger partial charge in [-0.2, -0.15) is 0 Å². The molecule has 0 saturated carbocycles.